The molecule has 4 heteroatoms. The van der Waals surface area contributed by atoms with Gasteiger partial charge in [-0.15, -0.1) is 0 Å². The zero-order valence-corrected chi connectivity index (χ0v) is 14.4. The van der Waals surface area contributed by atoms with E-state index in [1.165, 1.54) is 5.56 Å². The summed E-state index contributed by atoms with van der Waals surface area (Å²) >= 11 is 0. The molecule has 0 aliphatic heterocycles. The lowest BCUT2D eigenvalue weighted by Gasteiger charge is -2.13. The number of hydrogen-bond donors (Lipinski definition) is 2. The van der Waals surface area contributed by atoms with Crippen molar-refractivity contribution in [3.63, 3.8) is 0 Å². The number of hydrogen-bond acceptors (Lipinski definition) is 3. The maximum Gasteiger partial charge on any atom is 0.152 e. The molecular weight excluding hydrogens is 310 g/mol. The minimum absolute atomic E-state index is 0.744. The minimum atomic E-state index is 0.744. The Bertz CT molecular complexity index is 825. The molecule has 3 aromatic carbocycles. The molecule has 0 atom stereocenters. The van der Waals surface area contributed by atoms with Crippen LogP contribution in [0, 0.1) is 6.92 Å². The molecule has 126 valence electrons. The second-order valence-corrected chi connectivity index (χ2v) is 5.64. The molecule has 25 heavy (non-hydrogen) atoms. The number of nitrogens with one attached hydrogen (secondary N) is 2. The van der Waals surface area contributed by atoms with Crippen LogP contribution in [0.25, 0.3) is 0 Å². The summed E-state index contributed by atoms with van der Waals surface area (Å²) in [5, 5.41) is 0. The molecule has 0 fully saturated rings. The molecule has 3 rings (SSSR count). The molecule has 0 saturated heterocycles. The summed E-state index contributed by atoms with van der Waals surface area (Å²) in [7, 11) is 1.65. The standard InChI is InChI=1S/C21H21N3O/c1-16-8-10-17(11-9-16)21(24-23-19-6-4-3-5-7-19)22-18-12-14-20(25-2)15-13-18/h3-15,23H,1-2H3,(H,22,24). The molecule has 0 aromatic heterocycles. The predicted molar refractivity (Wildman–Crippen MR) is 104 cm³/mol. The van der Waals surface area contributed by atoms with Crippen molar-refractivity contribution in [1.82, 2.24) is 5.43 Å². The molecule has 4 nitrogen and oxygen atoms in total. The average molecular weight is 331 g/mol. The van der Waals surface area contributed by atoms with Gasteiger partial charge in [0.2, 0.25) is 0 Å². The average Bonchev–Trinajstić information content (AvgIpc) is 2.67. The Morgan fingerprint density at radius 2 is 1.52 bits per heavy atom. The Hall–Kier alpha value is -3.27. The highest BCUT2D eigenvalue weighted by atomic mass is 16.5. The van der Waals surface area contributed by atoms with Gasteiger partial charge in [0.05, 0.1) is 18.5 Å². The lowest BCUT2D eigenvalue weighted by atomic mass is 10.1. The second-order valence-electron chi connectivity index (χ2n) is 5.64. The van der Waals surface area contributed by atoms with E-state index in [0.29, 0.717) is 0 Å². The molecule has 0 bridgehead atoms. The first-order valence-electron chi connectivity index (χ1n) is 8.11. The van der Waals surface area contributed by atoms with Crippen LogP contribution in [0.3, 0.4) is 0 Å². The predicted octanol–water partition coefficient (Wildman–Crippen LogP) is 4.70. The van der Waals surface area contributed by atoms with Crippen LogP contribution in [0.2, 0.25) is 0 Å². The molecule has 0 amide bonds. The number of aryl methyl sites for hydroxylation is 1. The number of ether oxygens (including phenoxy) is 1. The summed E-state index contributed by atoms with van der Waals surface area (Å²) in [5.74, 6) is 1.56. The van der Waals surface area contributed by atoms with Crippen molar-refractivity contribution < 1.29 is 4.74 Å². The van der Waals surface area contributed by atoms with E-state index in [1.807, 2.05) is 54.6 Å². The Morgan fingerprint density at radius 1 is 0.840 bits per heavy atom. The number of hydrazine groups is 1. The van der Waals surface area contributed by atoms with Gasteiger partial charge in [0, 0.05) is 5.56 Å². The van der Waals surface area contributed by atoms with Gasteiger partial charge in [0.1, 0.15) is 5.75 Å². The fourth-order valence-electron chi connectivity index (χ4n) is 2.31. The first-order chi connectivity index (χ1) is 12.2. The molecule has 0 aliphatic rings. The molecule has 0 unspecified atom stereocenters. The van der Waals surface area contributed by atoms with E-state index in [-0.39, 0.29) is 0 Å². The van der Waals surface area contributed by atoms with Gasteiger partial charge in [-0.05, 0) is 43.3 Å². The van der Waals surface area contributed by atoms with Crippen molar-refractivity contribution in [3.05, 3.63) is 90.0 Å². The lowest BCUT2D eigenvalue weighted by molar-refractivity contribution is 0.415. The van der Waals surface area contributed by atoms with E-state index in [9.17, 15) is 0 Å². The fraction of sp³-hybridized carbons (Fsp3) is 0.0952. The Balaban J connectivity index is 1.87. The first-order valence-corrected chi connectivity index (χ1v) is 8.11. The van der Waals surface area contributed by atoms with Crippen LogP contribution in [0.1, 0.15) is 11.1 Å². The largest absolute Gasteiger partial charge is 0.497 e. The quantitative estimate of drug-likeness (QED) is 0.405. The number of benzene rings is 3. The van der Waals surface area contributed by atoms with E-state index in [2.05, 4.69) is 42.0 Å². The Labute approximate surface area is 148 Å². The first kappa shape index (κ1) is 16.6. The van der Waals surface area contributed by atoms with Crippen LogP contribution in [-0.2, 0) is 0 Å². The zero-order valence-electron chi connectivity index (χ0n) is 14.4. The van der Waals surface area contributed by atoms with Crippen LogP contribution >= 0.6 is 0 Å². The van der Waals surface area contributed by atoms with Gasteiger partial charge in [-0.2, -0.15) is 0 Å². The minimum Gasteiger partial charge on any atom is -0.497 e. The molecule has 0 spiro atoms. The number of rotatable bonds is 5. The Kier molecular flexibility index (Phi) is 5.32. The number of nitrogens with zero attached hydrogens (tertiary/aromatic N) is 1. The van der Waals surface area contributed by atoms with Crippen LogP contribution in [-0.4, -0.2) is 12.9 Å². The topological polar surface area (TPSA) is 45.6 Å². The summed E-state index contributed by atoms with van der Waals surface area (Å²) in [6.45, 7) is 2.07. The molecule has 0 saturated carbocycles. The maximum atomic E-state index is 5.20. The van der Waals surface area contributed by atoms with Crippen molar-refractivity contribution in [2.45, 2.75) is 6.92 Å². The van der Waals surface area contributed by atoms with Crippen molar-refractivity contribution in [3.8, 4) is 5.75 Å². The number of anilines is 1. The van der Waals surface area contributed by atoms with E-state index in [1.54, 1.807) is 7.11 Å². The normalized spacial score (nSPS) is 11.0. The molecule has 0 aliphatic carbocycles. The van der Waals surface area contributed by atoms with E-state index in [4.69, 9.17) is 9.73 Å². The molecule has 0 heterocycles. The SMILES string of the molecule is COc1ccc(N=C(NNc2ccccc2)c2ccc(C)cc2)cc1. The summed E-state index contributed by atoms with van der Waals surface area (Å²) in [4.78, 5) is 4.74. The van der Waals surface area contributed by atoms with Gasteiger partial charge >= 0.3 is 0 Å². The molecule has 3 aromatic rings. The van der Waals surface area contributed by atoms with E-state index in [0.717, 1.165) is 28.5 Å². The molecule has 0 radical (unpaired) electrons. The van der Waals surface area contributed by atoms with Crippen LogP contribution in [0.5, 0.6) is 5.75 Å². The smallest absolute Gasteiger partial charge is 0.152 e. The van der Waals surface area contributed by atoms with Crippen molar-refractivity contribution in [1.29, 1.82) is 0 Å². The summed E-state index contributed by atoms with van der Waals surface area (Å²) in [6.07, 6.45) is 0. The monoisotopic (exact) mass is 331 g/mol. The maximum absolute atomic E-state index is 5.20. The van der Waals surface area contributed by atoms with Crippen molar-refractivity contribution >= 4 is 17.2 Å². The summed E-state index contributed by atoms with van der Waals surface area (Å²) in [5.41, 5.74) is 10.4. The summed E-state index contributed by atoms with van der Waals surface area (Å²) < 4.78 is 5.20. The zero-order chi connectivity index (χ0) is 17.5. The fourth-order valence-corrected chi connectivity index (χ4v) is 2.31. The van der Waals surface area contributed by atoms with Crippen LogP contribution in [0.15, 0.2) is 83.9 Å². The van der Waals surface area contributed by atoms with Gasteiger partial charge in [-0.1, -0.05) is 48.0 Å². The number of para-hydroxylation sites is 1. The summed E-state index contributed by atoms with van der Waals surface area (Å²) in [6, 6.07) is 25.8. The van der Waals surface area contributed by atoms with Gasteiger partial charge in [0.15, 0.2) is 5.84 Å². The van der Waals surface area contributed by atoms with Crippen LogP contribution in [0.4, 0.5) is 11.4 Å². The van der Waals surface area contributed by atoms with Gasteiger partial charge in [-0.3, -0.25) is 10.9 Å². The van der Waals surface area contributed by atoms with Gasteiger partial charge in [-0.25, -0.2) is 4.99 Å². The third kappa shape index (κ3) is 4.61. The third-order valence-electron chi connectivity index (χ3n) is 3.74. The van der Waals surface area contributed by atoms with E-state index >= 15 is 0 Å². The lowest BCUT2D eigenvalue weighted by Crippen LogP contribution is -2.30. The third-order valence-corrected chi connectivity index (χ3v) is 3.74. The Morgan fingerprint density at radius 3 is 2.16 bits per heavy atom. The van der Waals surface area contributed by atoms with E-state index < -0.39 is 0 Å². The second kappa shape index (κ2) is 8.02. The van der Waals surface area contributed by atoms with Crippen molar-refractivity contribution in [2.24, 2.45) is 4.99 Å². The number of amidine groups is 1. The highest BCUT2D eigenvalue weighted by molar-refractivity contribution is 6.00. The molecular formula is C21H21N3O. The highest BCUT2D eigenvalue weighted by Gasteiger charge is 2.04. The van der Waals surface area contributed by atoms with Gasteiger partial charge in [0.25, 0.3) is 0 Å². The highest BCUT2D eigenvalue weighted by Crippen LogP contribution is 2.19. The van der Waals surface area contributed by atoms with Crippen LogP contribution < -0.4 is 15.6 Å². The molecule has 2 N–H and O–H groups in total. The van der Waals surface area contributed by atoms with Gasteiger partial charge < -0.3 is 4.74 Å². The number of aliphatic imine (C=N–C) groups is 1. The number of methoxy groups -OCH3 is 1. The van der Waals surface area contributed by atoms with Crippen molar-refractivity contribution in [2.75, 3.05) is 12.5 Å².